The topological polar surface area (TPSA) is 73.2 Å². The molecule has 2 aromatic carbocycles. The molecule has 1 aromatic heterocycles. The molecule has 0 bridgehead atoms. The Bertz CT molecular complexity index is 1280. The third-order valence-corrected chi connectivity index (χ3v) is 4.73. The van der Waals surface area contributed by atoms with Gasteiger partial charge in [-0.1, -0.05) is 17.7 Å². The van der Waals surface area contributed by atoms with Crippen molar-refractivity contribution in [3.63, 3.8) is 0 Å². The van der Waals surface area contributed by atoms with Crippen molar-refractivity contribution < 1.29 is 31.5 Å². The Labute approximate surface area is 195 Å². The Hall–Kier alpha value is -3.21. The maximum atomic E-state index is 14.0. The first-order valence-electron chi connectivity index (χ1n) is 9.88. The summed E-state index contributed by atoms with van der Waals surface area (Å²) in [5.74, 6) is -2.79. The second kappa shape index (κ2) is 9.21. The average molecular weight is 504 g/mol. The van der Waals surface area contributed by atoms with E-state index in [-0.39, 0.29) is 15.9 Å². The first-order valence-corrected chi connectivity index (χ1v) is 10.3. The molecule has 34 heavy (non-hydrogen) atoms. The van der Waals surface area contributed by atoms with Gasteiger partial charge in [-0.25, -0.2) is 18.6 Å². The quantitative estimate of drug-likeness (QED) is 0.454. The van der Waals surface area contributed by atoms with E-state index in [1.54, 1.807) is 0 Å². The van der Waals surface area contributed by atoms with E-state index in [9.17, 15) is 31.5 Å². The van der Waals surface area contributed by atoms with E-state index in [4.69, 9.17) is 16.3 Å². The van der Waals surface area contributed by atoms with Gasteiger partial charge in [0, 0.05) is 6.07 Å². The molecule has 0 saturated heterocycles. The Morgan fingerprint density at radius 3 is 2.32 bits per heavy atom. The van der Waals surface area contributed by atoms with Gasteiger partial charge in [-0.15, -0.1) is 0 Å². The maximum absolute atomic E-state index is 14.0. The molecule has 3 rings (SSSR count). The fourth-order valence-corrected chi connectivity index (χ4v) is 3.50. The van der Waals surface area contributed by atoms with Gasteiger partial charge in [-0.3, -0.25) is 9.36 Å². The van der Waals surface area contributed by atoms with Crippen LogP contribution in [0.25, 0.3) is 16.6 Å². The van der Waals surface area contributed by atoms with Crippen molar-refractivity contribution in [2.75, 3.05) is 0 Å². The molecule has 0 aliphatic rings. The van der Waals surface area contributed by atoms with Gasteiger partial charge in [-0.2, -0.15) is 13.2 Å². The van der Waals surface area contributed by atoms with Crippen LogP contribution in [-0.4, -0.2) is 27.4 Å². The Kier molecular flexibility index (Phi) is 6.88. The highest BCUT2D eigenvalue weighted by molar-refractivity contribution is 6.35. The summed E-state index contributed by atoms with van der Waals surface area (Å²) in [5.41, 5.74) is -2.53. The summed E-state index contributed by atoms with van der Waals surface area (Å²) < 4.78 is 74.0. The Morgan fingerprint density at radius 2 is 1.76 bits per heavy atom. The molecule has 1 amide bonds. The minimum atomic E-state index is -4.82. The number of ether oxygens (including phenoxy) is 1. The summed E-state index contributed by atoms with van der Waals surface area (Å²) >= 11 is 6.11. The normalized spacial score (nSPS) is 13.1. The first kappa shape index (κ1) is 25.4. The summed E-state index contributed by atoms with van der Waals surface area (Å²) in [6.45, 7) is 4.52. The number of alkyl carbamates (subject to hydrolysis) is 1. The molecule has 0 unspecified atom stereocenters. The van der Waals surface area contributed by atoms with Crippen LogP contribution in [0.1, 0.15) is 39.1 Å². The lowest BCUT2D eigenvalue weighted by molar-refractivity contribution is -0.140. The number of nitrogens with one attached hydrogen (secondary N) is 1. The zero-order chi connectivity index (χ0) is 25.4. The van der Waals surface area contributed by atoms with Gasteiger partial charge in [0.1, 0.15) is 23.1 Å². The zero-order valence-electron chi connectivity index (χ0n) is 18.1. The molecule has 182 valence electrons. The van der Waals surface area contributed by atoms with Gasteiger partial charge >= 0.3 is 12.3 Å². The average Bonchev–Trinajstić information content (AvgIpc) is 2.63. The minimum Gasteiger partial charge on any atom is -0.444 e. The van der Waals surface area contributed by atoms with Gasteiger partial charge in [-0.05, 0) is 45.0 Å². The van der Waals surface area contributed by atoms with Crippen LogP contribution in [0.15, 0.2) is 41.2 Å². The standard InChI is InChI=1S/C22H19ClF5N3O3/c1-21(2,3)34-20(33)30-16(10-22(26,27)28)18-29-15-6-4-5-14(23)17(15)19(32)31(18)13-8-11(24)7-12(25)9-13/h4-9,16H,10H2,1-3H3,(H,30,33)/t16-/m0/s1. The van der Waals surface area contributed by atoms with Crippen LogP contribution in [0.5, 0.6) is 0 Å². The molecule has 0 aliphatic carbocycles. The monoisotopic (exact) mass is 503 g/mol. The zero-order valence-corrected chi connectivity index (χ0v) is 18.9. The number of rotatable bonds is 4. The van der Waals surface area contributed by atoms with Crippen molar-refractivity contribution in [1.29, 1.82) is 0 Å². The SMILES string of the molecule is CC(C)(C)OC(=O)N[C@@H](CC(F)(F)F)c1nc2cccc(Cl)c2c(=O)n1-c1cc(F)cc(F)c1. The number of fused-ring (bicyclic) bond motifs is 1. The number of aromatic nitrogens is 2. The largest absolute Gasteiger partial charge is 0.444 e. The van der Waals surface area contributed by atoms with Crippen molar-refractivity contribution in [3.05, 3.63) is 69.2 Å². The summed E-state index contributed by atoms with van der Waals surface area (Å²) in [5, 5.41) is 1.82. The smallest absolute Gasteiger partial charge is 0.408 e. The first-order chi connectivity index (χ1) is 15.6. The van der Waals surface area contributed by atoms with Crippen LogP contribution in [0.3, 0.4) is 0 Å². The van der Waals surface area contributed by atoms with Gasteiger partial charge < -0.3 is 10.1 Å². The lowest BCUT2D eigenvalue weighted by atomic mass is 10.1. The third kappa shape index (κ3) is 6.02. The Morgan fingerprint density at radius 1 is 1.15 bits per heavy atom. The lowest BCUT2D eigenvalue weighted by Crippen LogP contribution is -2.39. The highest BCUT2D eigenvalue weighted by Crippen LogP contribution is 2.31. The van der Waals surface area contributed by atoms with E-state index >= 15 is 0 Å². The summed E-state index contributed by atoms with van der Waals surface area (Å²) in [4.78, 5) is 29.8. The molecule has 1 N–H and O–H groups in total. The van der Waals surface area contributed by atoms with E-state index in [0.29, 0.717) is 10.6 Å². The van der Waals surface area contributed by atoms with Gasteiger partial charge in [0.05, 0.1) is 34.1 Å². The predicted octanol–water partition coefficient (Wildman–Crippen LogP) is 5.84. The molecule has 3 aromatic rings. The maximum Gasteiger partial charge on any atom is 0.408 e. The van der Waals surface area contributed by atoms with Gasteiger partial charge in [0.2, 0.25) is 0 Å². The molecule has 0 fully saturated rings. The van der Waals surface area contributed by atoms with E-state index in [1.165, 1.54) is 39.0 Å². The number of carbonyl (C=O) groups excluding carboxylic acids is 1. The molecular weight excluding hydrogens is 485 g/mol. The summed E-state index contributed by atoms with van der Waals surface area (Å²) in [7, 11) is 0. The summed E-state index contributed by atoms with van der Waals surface area (Å²) in [6.07, 6.45) is -7.68. The highest BCUT2D eigenvalue weighted by Gasteiger charge is 2.37. The summed E-state index contributed by atoms with van der Waals surface area (Å²) in [6, 6.07) is 4.19. The number of hydrogen-bond donors (Lipinski definition) is 1. The van der Waals surface area contributed by atoms with Crippen molar-refractivity contribution in [3.8, 4) is 5.69 Å². The number of amides is 1. The molecule has 0 saturated carbocycles. The molecule has 12 heteroatoms. The molecule has 0 spiro atoms. The fraction of sp³-hybridized carbons (Fsp3) is 0.318. The molecule has 6 nitrogen and oxygen atoms in total. The number of alkyl halides is 3. The Balaban J connectivity index is 2.32. The molecule has 1 atom stereocenters. The van der Waals surface area contributed by atoms with E-state index in [0.717, 1.165) is 12.1 Å². The van der Waals surface area contributed by atoms with Crippen LogP contribution in [0.2, 0.25) is 5.02 Å². The number of carbonyl (C=O) groups is 1. The van der Waals surface area contributed by atoms with Crippen LogP contribution in [0.4, 0.5) is 26.7 Å². The van der Waals surface area contributed by atoms with Gasteiger partial charge in [0.15, 0.2) is 0 Å². The van der Waals surface area contributed by atoms with Crippen molar-refractivity contribution >= 4 is 28.6 Å². The van der Waals surface area contributed by atoms with Crippen LogP contribution < -0.4 is 10.9 Å². The van der Waals surface area contributed by atoms with Crippen molar-refractivity contribution in [1.82, 2.24) is 14.9 Å². The van der Waals surface area contributed by atoms with Crippen molar-refractivity contribution in [2.24, 2.45) is 0 Å². The van der Waals surface area contributed by atoms with E-state index < -0.39 is 59.0 Å². The third-order valence-electron chi connectivity index (χ3n) is 4.42. The molecule has 1 heterocycles. The number of benzene rings is 2. The fourth-order valence-electron chi connectivity index (χ4n) is 3.25. The number of nitrogens with zero attached hydrogens (tertiary/aromatic N) is 2. The number of halogens is 6. The van der Waals surface area contributed by atoms with Crippen LogP contribution >= 0.6 is 11.6 Å². The second-order valence-electron chi connectivity index (χ2n) is 8.39. The van der Waals surface area contributed by atoms with Crippen LogP contribution in [0, 0.1) is 11.6 Å². The second-order valence-corrected chi connectivity index (χ2v) is 8.80. The lowest BCUT2D eigenvalue weighted by Gasteiger charge is -2.26. The van der Waals surface area contributed by atoms with E-state index in [1.807, 2.05) is 0 Å². The highest BCUT2D eigenvalue weighted by atomic mass is 35.5. The van der Waals surface area contributed by atoms with Crippen molar-refractivity contribution in [2.45, 2.75) is 45.0 Å². The molecule has 0 aliphatic heterocycles. The number of hydrogen-bond acceptors (Lipinski definition) is 4. The van der Waals surface area contributed by atoms with Gasteiger partial charge in [0.25, 0.3) is 5.56 Å². The molecular formula is C22H19ClF5N3O3. The predicted molar refractivity (Wildman–Crippen MR) is 115 cm³/mol. The van der Waals surface area contributed by atoms with Crippen LogP contribution in [-0.2, 0) is 4.74 Å². The van der Waals surface area contributed by atoms with E-state index in [2.05, 4.69) is 10.3 Å². The minimum absolute atomic E-state index is 0.0698. The molecule has 0 radical (unpaired) electrons.